The molecule has 0 bridgehead atoms. The second-order valence-corrected chi connectivity index (χ2v) is 11.6. The molecule has 0 saturated heterocycles. The zero-order valence-corrected chi connectivity index (χ0v) is 24.4. The van der Waals surface area contributed by atoms with Gasteiger partial charge in [-0.25, -0.2) is 12.8 Å². The van der Waals surface area contributed by atoms with Crippen molar-refractivity contribution in [1.82, 2.24) is 10.2 Å². The summed E-state index contributed by atoms with van der Waals surface area (Å²) in [5.74, 6) is -1.31. The van der Waals surface area contributed by atoms with Crippen LogP contribution in [-0.4, -0.2) is 44.3 Å². The van der Waals surface area contributed by atoms with E-state index in [-0.39, 0.29) is 17.3 Å². The summed E-state index contributed by atoms with van der Waals surface area (Å²) >= 11 is 0. The zero-order valence-electron chi connectivity index (χ0n) is 23.6. The Kier molecular flexibility index (Phi) is 10.8. The van der Waals surface area contributed by atoms with Crippen LogP contribution in [-0.2, 0) is 32.6 Å². The maximum atomic E-state index is 14.0. The predicted molar refractivity (Wildman–Crippen MR) is 156 cm³/mol. The van der Waals surface area contributed by atoms with Gasteiger partial charge in [-0.3, -0.25) is 13.9 Å². The van der Waals surface area contributed by atoms with Crippen molar-refractivity contribution in [3.8, 4) is 0 Å². The van der Waals surface area contributed by atoms with Crippen molar-refractivity contribution in [2.45, 2.75) is 64.4 Å². The Labute approximate surface area is 237 Å². The Balaban J connectivity index is 2.03. The first kappa shape index (κ1) is 30.8. The zero-order chi connectivity index (χ0) is 29.3. The molecule has 0 heterocycles. The van der Waals surface area contributed by atoms with E-state index in [1.54, 1.807) is 43.3 Å². The van der Waals surface area contributed by atoms with Gasteiger partial charge in [0.25, 0.3) is 10.0 Å². The highest BCUT2D eigenvalue weighted by Crippen LogP contribution is 2.28. The highest BCUT2D eigenvalue weighted by atomic mass is 32.2. The molecule has 3 aromatic rings. The average molecular weight is 568 g/mol. The molecule has 1 unspecified atom stereocenters. The van der Waals surface area contributed by atoms with Crippen LogP contribution in [0.2, 0.25) is 0 Å². The number of sulfonamides is 1. The first-order chi connectivity index (χ1) is 19.1. The number of rotatable bonds is 13. The van der Waals surface area contributed by atoms with E-state index < -0.39 is 34.3 Å². The monoisotopic (exact) mass is 567 g/mol. The molecule has 3 rings (SSSR count). The number of para-hydroxylation sites is 1. The van der Waals surface area contributed by atoms with Gasteiger partial charge in [-0.1, -0.05) is 68.3 Å². The molecule has 7 nitrogen and oxygen atoms in total. The summed E-state index contributed by atoms with van der Waals surface area (Å²) in [7, 11) is -4.14. The lowest BCUT2D eigenvalue weighted by Crippen LogP contribution is -2.51. The third kappa shape index (κ3) is 7.69. The number of carbonyl (C=O) groups excluding carboxylic acids is 2. The summed E-state index contributed by atoms with van der Waals surface area (Å²) in [6.07, 6.45) is 2.25. The summed E-state index contributed by atoms with van der Waals surface area (Å²) in [5, 5.41) is 2.85. The van der Waals surface area contributed by atoms with Crippen LogP contribution < -0.4 is 9.62 Å². The largest absolute Gasteiger partial charge is 0.354 e. The van der Waals surface area contributed by atoms with E-state index in [2.05, 4.69) is 5.32 Å². The van der Waals surface area contributed by atoms with Gasteiger partial charge < -0.3 is 10.2 Å². The fourth-order valence-corrected chi connectivity index (χ4v) is 5.76. The number of hydrogen-bond acceptors (Lipinski definition) is 4. The topological polar surface area (TPSA) is 86.8 Å². The van der Waals surface area contributed by atoms with Gasteiger partial charge >= 0.3 is 0 Å². The number of amides is 2. The van der Waals surface area contributed by atoms with Crippen LogP contribution in [0.25, 0.3) is 0 Å². The molecule has 40 heavy (non-hydrogen) atoms. The van der Waals surface area contributed by atoms with Crippen molar-refractivity contribution in [1.29, 1.82) is 0 Å². The summed E-state index contributed by atoms with van der Waals surface area (Å²) in [4.78, 5) is 28.4. The fraction of sp³-hybridized carbons (Fsp3) is 0.355. The minimum atomic E-state index is -4.14. The summed E-state index contributed by atoms with van der Waals surface area (Å²) in [6.45, 7) is 7.37. The molecular weight excluding hydrogens is 529 g/mol. The van der Waals surface area contributed by atoms with Crippen LogP contribution in [0, 0.1) is 12.7 Å². The number of nitrogens with zero attached hydrogens (tertiary/aromatic N) is 2. The molecule has 0 spiro atoms. The molecule has 3 aromatic carbocycles. The van der Waals surface area contributed by atoms with Crippen molar-refractivity contribution in [2.24, 2.45) is 0 Å². The number of carbonyl (C=O) groups is 2. The SMILES string of the molecule is CCCCNC(=O)C(C)N(Cc1ccc(F)cc1)C(=O)CN(c1ccccc1CC)S(=O)(=O)c1ccc(C)cc1. The Morgan fingerprint density at radius 1 is 0.950 bits per heavy atom. The van der Waals surface area contributed by atoms with Crippen LogP contribution >= 0.6 is 0 Å². The molecule has 0 fully saturated rings. The number of nitrogens with one attached hydrogen (secondary N) is 1. The first-order valence-electron chi connectivity index (χ1n) is 13.6. The van der Waals surface area contributed by atoms with E-state index in [0.29, 0.717) is 24.2 Å². The third-order valence-corrected chi connectivity index (χ3v) is 8.57. The molecule has 214 valence electrons. The Hall–Kier alpha value is -3.72. The van der Waals surface area contributed by atoms with Gasteiger partial charge in [-0.2, -0.15) is 0 Å². The van der Waals surface area contributed by atoms with Gasteiger partial charge in [0.1, 0.15) is 18.4 Å². The number of unbranched alkanes of at least 4 members (excludes halogenated alkanes) is 1. The van der Waals surface area contributed by atoms with E-state index in [9.17, 15) is 22.4 Å². The van der Waals surface area contributed by atoms with Gasteiger partial charge in [0.05, 0.1) is 10.6 Å². The van der Waals surface area contributed by atoms with Crippen molar-refractivity contribution in [2.75, 3.05) is 17.4 Å². The van der Waals surface area contributed by atoms with E-state index in [1.165, 1.54) is 29.2 Å². The maximum Gasteiger partial charge on any atom is 0.264 e. The van der Waals surface area contributed by atoms with Crippen molar-refractivity contribution in [3.05, 3.63) is 95.3 Å². The molecule has 1 N–H and O–H groups in total. The lowest BCUT2D eigenvalue weighted by molar-refractivity contribution is -0.139. The molecule has 0 aromatic heterocycles. The average Bonchev–Trinajstić information content (AvgIpc) is 2.95. The molecular formula is C31H38FN3O4S. The molecule has 0 aliphatic heterocycles. The number of aryl methyl sites for hydroxylation is 2. The molecule has 0 aliphatic rings. The van der Waals surface area contributed by atoms with E-state index in [0.717, 1.165) is 28.3 Å². The van der Waals surface area contributed by atoms with Gasteiger partial charge in [0.15, 0.2) is 0 Å². The number of hydrogen-bond donors (Lipinski definition) is 1. The molecule has 9 heteroatoms. The predicted octanol–water partition coefficient (Wildman–Crippen LogP) is 5.23. The standard InChI is InChI=1S/C31H38FN3O4S/c1-5-7-20-33-31(37)24(4)34(21-25-14-16-27(32)17-15-25)30(36)22-35(29-11-9-8-10-26(29)6-2)40(38,39)28-18-12-23(3)13-19-28/h8-19,24H,5-7,20-22H2,1-4H3,(H,33,37). The van der Waals surface area contributed by atoms with E-state index in [1.807, 2.05) is 32.9 Å². The highest BCUT2D eigenvalue weighted by molar-refractivity contribution is 7.92. The quantitative estimate of drug-likeness (QED) is 0.287. The van der Waals surface area contributed by atoms with Crippen molar-refractivity contribution >= 4 is 27.5 Å². The summed E-state index contributed by atoms with van der Waals surface area (Å²) in [5.41, 5.74) is 2.69. The molecule has 2 amide bonds. The van der Waals surface area contributed by atoms with Gasteiger partial charge in [-0.05, 0) is 68.1 Å². The minimum Gasteiger partial charge on any atom is -0.354 e. The molecule has 0 radical (unpaired) electrons. The van der Waals surface area contributed by atoms with Crippen LogP contribution in [0.1, 0.15) is 50.3 Å². The van der Waals surface area contributed by atoms with Crippen molar-refractivity contribution in [3.63, 3.8) is 0 Å². The summed E-state index contributed by atoms with van der Waals surface area (Å²) < 4.78 is 42.7. The second kappa shape index (κ2) is 14.1. The molecule has 1 atom stereocenters. The van der Waals surface area contributed by atoms with Crippen LogP contribution in [0.5, 0.6) is 0 Å². The molecule has 0 aliphatic carbocycles. The van der Waals surface area contributed by atoms with Crippen LogP contribution in [0.4, 0.5) is 10.1 Å². The van der Waals surface area contributed by atoms with Gasteiger partial charge in [-0.15, -0.1) is 0 Å². The maximum absolute atomic E-state index is 14.0. The van der Waals surface area contributed by atoms with Crippen LogP contribution in [0.3, 0.4) is 0 Å². The number of anilines is 1. The Morgan fingerprint density at radius 3 is 2.23 bits per heavy atom. The minimum absolute atomic E-state index is 0.00925. The van der Waals surface area contributed by atoms with E-state index in [4.69, 9.17) is 0 Å². The van der Waals surface area contributed by atoms with Gasteiger partial charge in [0, 0.05) is 13.1 Å². The van der Waals surface area contributed by atoms with Crippen LogP contribution in [0.15, 0.2) is 77.7 Å². The highest BCUT2D eigenvalue weighted by Gasteiger charge is 2.33. The fourth-order valence-electron chi connectivity index (χ4n) is 4.31. The number of halogens is 1. The van der Waals surface area contributed by atoms with Gasteiger partial charge in [0.2, 0.25) is 11.8 Å². The van der Waals surface area contributed by atoms with Crippen molar-refractivity contribution < 1.29 is 22.4 Å². The summed E-state index contributed by atoms with van der Waals surface area (Å²) in [6, 6.07) is 18.3. The van der Waals surface area contributed by atoms with E-state index >= 15 is 0 Å². The lowest BCUT2D eigenvalue weighted by atomic mass is 10.1. The second-order valence-electron chi connectivity index (χ2n) is 9.78. The lowest BCUT2D eigenvalue weighted by Gasteiger charge is -2.32. The normalized spacial score (nSPS) is 12.0. The Morgan fingerprint density at radius 2 is 1.60 bits per heavy atom. The first-order valence-corrected chi connectivity index (χ1v) is 15.0. The Bertz CT molecular complexity index is 1390. The molecule has 0 saturated carbocycles. The smallest absolute Gasteiger partial charge is 0.264 e. The third-order valence-electron chi connectivity index (χ3n) is 6.79. The number of benzene rings is 3.